The number of hydrogen-bond donors (Lipinski definition) is 1. The zero-order chi connectivity index (χ0) is 22.0. The van der Waals surface area contributed by atoms with Crippen LogP contribution < -0.4 is 10.6 Å². The van der Waals surface area contributed by atoms with Crippen LogP contribution >= 0.6 is 12.2 Å². The van der Waals surface area contributed by atoms with Gasteiger partial charge in [-0.1, -0.05) is 25.1 Å². The van der Waals surface area contributed by atoms with Gasteiger partial charge in [-0.3, -0.25) is 4.79 Å². The Morgan fingerprint density at radius 3 is 2.42 bits per heavy atom. The molecule has 4 rings (SSSR count). The highest BCUT2D eigenvalue weighted by Gasteiger charge is 2.43. The zero-order valence-electron chi connectivity index (χ0n) is 18.8. The number of carbonyl (C=O) groups excluding carboxylic acids is 1. The highest BCUT2D eigenvalue weighted by atomic mass is 32.1. The number of benzene rings is 1. The number of hydrogen-bond acceptors (Lipinski definition) is 3. The van der Waals surface area contributed by atoms with Crippen LogP contribution in [0.3, 0.4) is 0 Å². The standard InChI is InChI=1S/C24H35N5OS/c1-3-22(25)26-23(31)28-13-8-19(9-14-28)27-15-10-24(11-16-27)12-17-29(18(2)30)21-7-5-4-6-20(21)24/h4-7,19H,3,8-17H2,1-2H3,(H2,25,26,31). The molecule has 168 valence electrons. The van der Waals surface area contributed by atoms with Gasteiger partial charge in [0.05, 0.1) is 0 Å². The average molecular weight is 442 g/mol. The van der Waals surface area contributed by atoms with Crippen LogP contribution in [0.1, 0.15) is 57.9 Å². The van der Waals surface area contributed by atoms with E-state index in [0.29, 0.717) is 17.0 Å². The van der Waals surface area contributed by atoms with Crippen LogP contribution in [-0.4, -0.2) is 65.4 Å². The van der Waals surface area contributed by atoms with Crippen molar-refractivity contribution >= 4 is 34.8 Å². The number of anilines is 1. The molecule has 2 fully saturated rings. The molecule has 6 nitrogen and oxygen atoms in total. The van der Waals surface area contributed by atoms with Crippen LogP contribution in [0.2, 0.25) is 0 Å². The fourth-order valence-electron chi connectivity index (χ4n) is 5.60. The van der Waals surface area contributed by atoms with E-state index >= 15 is 0 Å². The lowest BCUT2D eigenvalue weighted by Gasteiger charge is -2.50. The highest BCUT2D eigenvalue weighted by molar-refractivity contribution is 7.80. The molecule has 3 aliphatic rings. The molecule has 3 heterocycles. The number of nitrogens with zero attached hydrogens (tertiary/aromatic N) is 4. The number of piperidine rings is 2. The first-order valence-corrected chi connectivity index (χ1v) is 12.1. The van der Waals surface area contributed by atoms with E-state index in [1.165, 1.54) is 18.4 Å². The SMILES string of the molecule is CCC(N)=NC(=S)N1CCC(N2CCC3(CCN(C(C)=O)c4ccccc43)CC2)CC1. The average Bonchev–Trinajstić information content (AvgIpc) is 2.80. The summed E-state index contributed by atoms with van der Waals surface area (Å²) in [6.07, 6.45) is 6.41. The van der Waals surface area contributed by atoms with Crippen LogP contribution in [0, 0.1) is 0 Å². The molecule has 0 aliphatic carbocycles. The maximum Gasteiger partial charge on any atom is 0.223 e. The number of amidine groups is 1. The van der Waals surface area contributed by atoms with Gasteiger partial charge < -0.3 is 20.4 Å². The monoisotopic (exact) mass is 441 g/mol. The van der Waals surface area contributed by atoms with Crippen LogP contribution in [0.4, 0.5) is 5.69 Å². The summed E-state index contributed by atoms with van der Waals surface area (Å²) >= 11 is 5.47. The fraction of sp³-hybridized carbons (Fsp3) is 0.625. The Morgan fingerprint density at radius 1 is 1.13 bits per heavy atom. The van der Waals surface area contributed by atoms with E-state index in [1.807, 2.05) is 11.8 Å². The summed E-state index contributed by atoms with van der Waals surface area (Å²) in [5.74, 6) is 0.763. The Labute approximate surface area is 191 Å². The van der Waals surface area contributed by atoms with Crippen molar-refractivity contribution in [3.63, 3.8) is 0 Å². The molecular formula is C24H35N5OS. The van der Waals surface area contributed by atoms with Crippen molar-refractivity contribution in [3.8, 4) is 0 Å². The lowest BCUT2D eigenvalue weighted by atomic mass is 9.67. The zero-order valence-corrected chi connectivity index (χ0v) is 19.7. The van der Waals surface area contributed by atoms with Gasteiger partial charge in [-0.25, -0.2) is 4.99 Å². The van der Waals surface area contributed by atoms with E-state index in [2.05, 4.69) is 39.1 Å². The second kappa shape index (κ2) is 9.25. The van der Waals surface area contributed by atoms with E-state index in [0.717, 1.165) is 64.1 Å². The van der Waals surface area contributed by atoms with E-state index in [1.54, 1.807) is 6.92 Å². The number of para-hydroxylation sites is 1. The fourth-order valence-corrected chi connectivity index (χ4v) is 5.90. The Hall–Kier alpha value is -1.99. The maximum atomic E-state index is 12.1. The minimum Gasteiger partial charge on any atom is -0.387 e. The lowest BCUT2D eigenvalue weighted by Crippen LogP contribution is -2.53. The molecule has 7 heteroatoms. The molecule has 2 saturated heterocycles. The van der Waals surface area contributed by atoms with Gasteiger partial charge >= 0.3 is 0 Å². The number of likely N-dealkylation sites (tertiary alicyclic amines) is 2. The summed E-state index contributed by atoms with van der Waals surface area (Å²) in [5, 5.41) is 0.643. The van der Waals surface area contributed by atoms with Crippen LogP contribution in [0.15, 0.2) is 29.3 Å². The van der Waals surface area contributed by atoms with Gasteiger partial charge in [0.1, 0.15) is 5.84 Å². The van der Waals surface area contributed by atoms with Gasteiger partial charge in [0.15, 0.2) is 5.11 Å². The molecule has 0 unspecified atom stereocenters. The van der Waals surface area contributed by atoms with Crippen molar-refractivity contribution in [2.24, 2.45) is 10.7 Å². The molecular weight excluding hydrogens is 406 g/mol. The van der Waals surface area contributed by atoms with Gasteiger partial charge in [-0.05, 0) is 69.0 Å². The quantitative estimate of drug-likeness (QED) is 0.433. The second-order valence-corrected chi connectivity index (χ2v) is 9.58. The third kappa shape index (κ3) is 4.48. The number of rotatable bonds is 2. The van der Waals surface area contributed by atoms with Gasteiger partial charge in [0.2, 0.25) is 5.91 Å². The van der Waals surface area contributed by atoms with E-state index < -0.39 is 0 Å². The largest absolute Gasteiger partial charge is 0.387 e. The normalized spacial score (nSPS) is 22.5. The number of carbonyl (C=O) groups is 1. The topological polar surface area (TPSA) is 65.2 Å². The molecule has 0 atom stereocenters. The Kier molecular flexibility index (Phi) is 6.63. The summed E-state index contributed by atoms with van der Waals surface area (Å²) in [7, 11) is 0. The molecule has 0 radical (unpaired) electrons. The molecule has 0 saturated carbocycles. The van der Waals surface area contributed by atoms with Crippen molar-refractivity contribution in [2.75, 3.05) is 37.6 Å². The molecule has 0 bridgehead atoms. The maximum absolute atomic E-state index is 12.1. The summed E-state index contributed by atoms with van der Waals surface area (Å²) < 4.78 is 0. The van der Waals surface area contributed by atoms with Crippen molar-refractivity contribution in [3.05, 3.63) is 29.8 Å². The molecule has 1 amide bonds. The lowest BCUT2D eigenvalue weighted by molar-refractivity contribution is -0.116. The first-order valence-electron chi connectivity index (χ1n) is 11.7. The van der Waals surface area contributed by atoms with Crippen molar-refractivity contribution in [1.29, 1.82) is 0 Å². The van der Waals surface area contributed by atoms with Gasteiger partial charge in [-0.15, -0.1) is 0 Å². The molecule has 1 aromatic carbocycles. The van der Waals surface area contributed by atoms with E-state index in [4.69, 9.17) is 18.0 Å². The summed E-state index contributed by atoms with van der Waals surface area (Å²) in [5.41, 5.74) is 8.58. The highest BCUT2D eigenvalue weighted by Crippen LogP contribution is 2.47. The van der Waals surface area contributed by atoms with Crippen LogP contribution in [-0.2, 0) is 10.2 Å². The Bertz CT molecular complexity index is 853. The number of amides is 1. The predicted octanol–water partition coefficient (Wildman–Crippen LogP) is 3.29. The molecule has 2 N–H and O–H groups in total. The van der Waals surface area contributed by atoms with E-state index in [9.17, 15) is 4.79 Å². The van der Waals surface area contributed by atoms with Crippen molar-refractivity contribution in [1.82, 2.24) is 9.80 Å². The van der Waals surface area contributed by atoms with Gasteiger partial charge in [0, 0.05) is 50.1 Å². The van der Waals surface area contributed by atoms with E-state index in [-0.39, 0.29) is 11.3 Å². The van der Waals surface area contributed by atoms with Crippen LogP contribution in [0.25, 0.3) is 0 Å². The number of fused-ring (bicyclic) bond motifs is 2. The minimum atomic E-state index is 0.148. The van der Waals surface area contributed by atoms with Crippen molar-refractivity contribution < 1.29 is 4.79 Å². The Balaban J connectivity index is 1.37. The van der Waals surface area contributed by atoms with Crippen molar-refractivity contribution in [2.45, 2.75) is 63.8 Å². The number of thiocarbonyl (C=S) groups is 1. The minimum absolute atomic E-state index is 0.148. The first kappa shape index (κ1) is 22.2. The van der Waals surface area contributed by atoms with Gasteiger partial charge in [0.25, 0.3) is 0 Å². The number of aliphatic imine (C=N–C) groups is 1. The first-order chi connectivity index (χ1) is 14.9. The smallest absolute Gasteiger partial charge is 0.223 e. The predicted molar refractivity (Wildman–Crippen MR) is 131 cm³/mol. The molecule has 1 spiro atoms. The van der Waals surface area contributed by atoms with Crippen LogP contribution in [0.5, 0.6) is 0 Å². The number of nitrogens with two attached hydrogens (primary N) is 1. The summed E-state index contributed by atoms with van der Waals surface area (Å²) in [4.78, 5) is 23.3. The molecule has 1 aromatic rings. The molecule has 0 aromatic heterocycles. The Morgan fingerprint density at radius 2 is 1.77 bits per heavy atom. The summed E-state index contributed by atoms with van der Waals surface area (Å²) in [6.45, 7) is 8.69. The summed E-state index contributed by atoms with van der Waals surface area (Å²) in [6, 6.07) is 9.18. The van der Waals surface area contributed by atoms with Gasteiger partial charge in [-0.2, -0.15) is 0 Å². The third-order valence-electron chi connectivity index (χ3n) is 7.57. The second-order valence-electron chi connectivity index (χ2n) is 9.21. The molecule has 31 heavy (non-hydrogen) atoms. The molecule has 3 aliphatic heterocycles. The third-order valence-corrected chi connectivity index (χ3v) is 7.92.